The first-order valence-corrected chi connectivity index (χ1v) is 6.99. The van der Waals surface area contributed by atoms with E-state index in [-0.39, 0.29) is 11.5 Å². The molecule has 0 spiro atoms. The van der Waals surface area contributed by atoms with Crippen LogP contribution in [0.15, 0.2) is 30.6 Å². The average Bonchev–Trinajstić information content (AvgIpc) is 2.49. The van der Waals surface area contributed by atoms with Gasteiger partial charge in [0.2, 0.25) is 5.78 Å². The zero-order valence-electron chi connectivity index (χ0n) is 13.1. The lowest BCUT2D eigenvalue weighted by molar-refractivity contribution is 0.0312. The molecule has 0 unspecified atom stereocenters. The van der Waals surface area contributed by atoms with Gasteiger partial charge in [-0.25, -0.2) is 9.78 Å². The summed E-state index contributed by atoms with van der Waals surface area (Å²) in [5.41, 5.74) is 3.20. The summed E-state index contributed by atoms with van der Waals surface area (Å²) >= 11 is 0. The molecule has 0 aliphatic rings. The molecule has 5 heteroatoms. The summed E-state index contributed by atoms with van der Waals surface area (Å²) in [7, 11) is 0. The molecule has 1 aromatic heterocycles. The Hall–Kier alpha value is -2.56. The van der Waals surface area contributed by atoms with Gasteiger partial charge in [0.25, 0.3) is 0 Å². The second-order valence-electron chi connectivity index (χ2n) is 5.27. The minimum Gasteiger partial charge on any atom is -0.449 e. The van der Waals surface area contributed by atoms with Gasteiger partial charge in [-0.2, -0.15) is 0 Å². The summed E-state index contributed by atoms with van der Waals surface area (Å²) in [5, 5.41) is 0. The quantitative estimate of drug-likeness (QED) is 0.641. The lowest BCUT2D eigenvalue weighted by Gasteiger charge is -2.14. The number of aryl methyl sites for hydroxylation is 3. The van der Waals surface area contributed by atoms with Crippen LogP contribution in [0.2, 0.25) is 0 Å². The first-order valence-electron chi connectivity index (χ1n) is 6.99. The van der Waals surface area contributed by atoms with E-state index in [4.69, 9.17) is 4.74 Å². The number of hydrogen-bond acceptors (Lipinski definition) is 5. The predicted octanol–water partition coefficient (Wildman–Crippen LogP) is 2.83. The van der Waals surface area contributed by atoms with Crippen molar-refractivity contribution in [3.63, 3.8) is 0 Å². The van der Waals surface area contributed by atoms with E-state index in [1.165, 1.54) is 12.4 Å². The van der Waals surface area contributed by atoms with E-state index in [9.17, 15) is 9.59 Å². The van der Waals surface area contributed by atoms with Crippen LogP contribution in [0.25, 0.3) is 0 Å². The molecule has 2 aromatic rings. The van der Waals surface area contributed by atoms with Crippen LogP contribution < -0.4 is 0 Å². The monoisotopic (exact) mass is 298 g/mol. The Bertz CT molecular complexity index is 708. The molecule has 2 rings (SSSR count). The molecule has 0 aliphatic carbocycles. The summed E-state index contributed by atoms with van der Waals surface area (Å²) in [6.07, 6.45) is 1.94. The molecule has 1 heterocycles. The van der Waals surface area contributed by atoms with E-state index in [2.05, 4.69) is 9.97 Å². The highest BCUT2D eigenvalue weighted by Gasteiger charge is 2.22. The van der Waals surface area contributed by atoms with Crippen molar-refractivity contribution < 1.29 is 14.3 Å². The maximum absolute atomic E-state index is 12.4. The van der Waals surface area contributed by atoms with Gasteiger partial charge in [-0.1, -0.05) is 17.7 Å². The molecule has 114 valence electrons. The van der Waals surface area contributed by atoms with Crippen LogP contribution in [0.3, 0.4) is 0 Å². The molecule has 0 saturated heterocycles. The van der Waals surface area contributed by atoms with Crippen LogP contribution in [-0.4, -0.2) is 27.8 Å². The third-order valence-electron chi connectivity index (χ3n) is 3.30. The summed E-state index contributed by atoms with van der Waals surface area (Å²) in [4.78, 5) is 32.3. The highest BCUT2D eigenvalue weighted by molar-refractivity contribution is 6.02. The summed E-state index contributed by atoms with van der Waals surface area (Å²) < 4.78 is 5.20. The van der Waals surface area contributed by atoms with Crippen molar-refractivity contribution in [1.82, 2.24) is 9.97 Å². The standard InChI is InChI=1S/C17H18N2O3/c1-10-5-6-11(2)14(7-10)16(20)13(4)22-17(21)15-9-18-12(3)8-19-15/h5-9,13H,1-4H3/t13-/m1/s1. The van der Waals surface area contributed by atoms with Gasteiger partial charge in [-0.15, -0.1) is 0 Å². The second kappa shape index (κ2) is 6.47. The van der Waals surface area contributed by atoms with Gasteiger partial charge >= 0.3 is 5.97 Å². The molecule has 0 amide bonds. The van der Waals surface area contributed by atoms with Gasteiger partial charge in [0.1, 0.15) is 0 Å². The van der Waals surface area contributed by atoms with Crippen LogP contribution in [0.1, 0.15) is 44.6 Å². The molecule has 0 aliphatic heterocycles. The minimum absolute atomic E-state index is 0.0891. The Morgan fingerprint density at radius 1 is 1.09 bits per heavy atom. The zero-order chi connectivity index (χ0) is 16.3. The van der Waals surface area contributed by atoms with Crippen LogP contribution in [-0.2, 0) is 4.74 Å². The van der Waals surface area contributed by atoms with E-state index < -0.39 is 12.1 Å². The van der Waals surface area contributed by atoms with Crippen LogP contribution in [0.5, 0.6) is 0 Å². The zero-order valence-corrected chi connectivity index (χ0v) is 13.1. The van der Waals surface area contributed by atoms with Crippen LogP contribution >= 0.6 is 0 Å². The van der Waals surface area contributed by atoms with Crippen molar-refractivity contribution in [2.45, 2.75) is 33.8 Å². The number of aromatic nitrogens is 2. The maximum Gasteiger partial charge on any atom is 0.359 e. The van der Waals surface area contributed by atoms with Gasteiger partial charge in [-0.3, -0.25) is 9.78 Å². The van der Waals surface area contributed by atoms with Crippen molar-refractivity contribution in [1.29, 1.82) is 0 Å². The first-order chi connectivity index (χ1) is 10.4. The largest absolute Gasteiger partial charge is 0.449 e. The highest BCUT2D eigenvalue weighted by atomic mass is 16.5. The Morgan fingerprint density at radius 2 is 1.82 bits per heavy atom. The third-order valence-corrected chi connectivity index (χ3v) is 3.30. The molecule has 22 heavy (non-hydrogen) atoms. The van der Waals surface area contributed by atoms with Gasteiger partial charge in [0.15, 0.2) is 11.8 Å². The predicted molar refractivity (Wildman–Crippen MR) is 81.9 cm³/mol. The fourth-order valence-corrected chi connectivity index (χ4v) is 1.99. The maximum atomic E-state index is 12.4. The number of rotatable bonds is 4. The van der Waals surface area contributed by atoms with E-state index in [0.717, 1.165) is 11.1 Å². The number of carbonyl (C=O) groups excluding carboxylic acids is 2. The number of ether oxygens (including phenoxy) is 1. The highest BCUT2D eigenvalue weighted by Crippen LogP contribution is 2.15. The number of esters is 1. The van der Waals surface area contributed by atoms with E-state index in [0.29, 0.717) is 11.3 Å². The normalized spacial score (nSPS) is 11.8. The number of hydrogen-bond donors (Lipinski definition) is 0. The molecule has 1 atom stereocenters. The summed E-state index contributed by atoms with van der Waals surface area (Å²) in [5.74, 6) is -0.881. The lowest BCUT2D eigenvalue weighted by Crippen LogP contribution is -2.25. The Balaban J connectivity index is 2.12. The molecular formula is C17H18N2O3. The fraction of sp³-hybridized carbons (Fsp3) is 0.294. The van der Waals surface area contributed by atoms with E-state index in [1.807, 2.05) is 26.0 Å². The minimum atomic E-state index is -0.879. The molecule has 5 nitrogen and oxygen atoms in total. The molecule has 0 saturated carbocycles. The van der Waals surface area contributed by atoms with Crippen molar-refractivity contribution in [3.05, 3.63) is 58.7 Å². The van der Waals surface area contributed by atoms with Crippen molar-refractivity contribution in [2.24, 2.45) is 0 Å². The number of Topliss-reactive ketones (excluding diaryl/α,β-unsaturated/α-hetero) is 1. The molecule has 0 radical (unpaired) electrons. The lowest BCUT2D eigenvalue weighted by atomic mass is 9.99. The first kappa shape index (κ1) is 15.8. The Labute approximate surface area is 129 Å². The average molecular weight is 298 g/mol. The molecule has 0 N–H and O–H groups in total. The second-order valence-corrected chi connectivity index (χ2v) is 5.27. The fourth-order valence-electron chi connectivity index (χ4n) is 1.99. The molecule has 0 fully saturated rings. The number of ketones is 1. The third kappa shape index (κ3) is 3.55. The molecule has 1 aromatic carbocycles. The van der Waals surface area contributed by atoms with Crippen LogP contribution in [0.4, 0.5) is 0 Å². The van der Waals surface area contributed by atoms with Crippen molar-refractivity contribution in [3.8, 4) is 0 Å². The van der Waals surface area contributed by atoms with E-state index >= 15 is 0 Å². The van der Waals surface area contributed by atoms with Gasteiger partial charge in [-0.05, 0) is 39.3 Å². The summed E-state index contributed by atoms with van der Waals surface area (Å²) in [6, 6.07) is 5.61. The van der Waals surface area contributed by atoms with Crippen molar-refractivity contribution in [2.75, 3.05) is 0 Å². The Kier molecular flexibility index (Phi) is 4.65. The van der Waals surface area contributed by atoms with Gasteiger partial charge < -0.3 is 4.74 Å². The molecular weight excluding hydrogens is 280 g/mol. The SMILES string of the molecule is Cc1ccc(C)c(C(=O)[C@@H](C)OC(=O)c2cnc(C)cn2)c1. The summed E-state index contributed by atoms with van der Waals surface area (Å²) in [6.45, 7) is 7.10. The number of benzene rings is 1. The van der Waals surface area contributed by atoms with Crippen LogP contribution in [0, 0.1) is 20.8 Å². The number of carbonyl (C=O) groups is 2. The topological polar surface area (TPSA) is 69.2 Å². The smallest absolute Gasteiger partial charge is 0.359 e. The van der Waals surface area contributed by atoms with Gasteiger partial charge in [0, 0.05) is 11.8 Å². The van der Waals surface area contributed by atoms with Gasteiger partial charge in [0.05, 0.1) is 11.9 Å². The number of nitrogens with zero attached hydrogens (tertiary/aromatic N) is 2. The Morgan fingerprint density at radius 3 is 2.45 bits per heavy atom. The molecule has 0 bridgehead atoms. The van der Waals surface area contributed by atoms with E-state index in [1.54, 1.807) is 19.9 Å². The van der Waals surface area contributed by atoms with Crippen molar-refractivity contribution >= 4 is 11.8 Å².